The summed E-state index contributed by atoms with van der Waals surface area (Å²) >= 11 is 0. The first kappa shape index (κ1) is 45.9. The van der Waals surface area contributed by atoms with Crippen LogP contribution in [0.2, 0.25) is 0 Å². The largest absolute Gasteiger partial charge is 0.456 e. The van der Waals surface area contributed by atoms with Crippen molar-refractivity contribution in [2.75, 3.05) is 27.9 Å². The van der Waals surface area contributed by atoms with Crippen LogP contribution in [0.1, 0.15) is 105 Å². The van der Waals surface area contributed by atoms with Gasteiger partial charge in [0.15, 0.2) is 0 Å². The summed E-state index contributed by atoms with van der Waals surface area (Å²) in [5.74, 6) is -6.97. The fourth-order valence-corrected chi connectivity index (χ4v) is 9.13. The van der Waals surface area contributed by atoms with Crippen molar-refractivity contribution in [3.05, 3.63) is 36.0 Å². The average Bonchev–Trinajstić information content (AvgIpc) is 3.16. The van der Waals surface area contributed by atoms with Crippen LogP contribution in [0.4, 0.5) is 0 Å². The molecule has 3 fully saturated rings. The number of aliphatic hydroxyl groups excluding tert-OH is 2. The first-order valence-corrected chi connectivity index (χ1v) is 20.5. The maximum Gasteiger partial charge on any atom is 0.329 e. The molecule has 1 saturated carbocycles. The van der Waals surface area contributed by atoms with Crippen molar-refractivity contribution in [3.63, 3.8) is 0 Å². The number of allylic oxidation sites excluding steroid dienone is 4. The Morgan fingerprint density at radius 2 is 1.62 bits per heavy atom. The maximum absolute atomic E-state index is 14.2. The Labute approximate surface area is 332 Å². The van der Waals surface area contributed by atoms with Crippen molar-refractivity contribution in [1.82, 2.24) is 4.90 Å². The minimum absolute atomic E-state index is 0.00119. The second-order valence-electron chi connectivity index (χ2n) is 16.8. The third-order valence-corrected chi connectivity index (χ3v) is 12.4. The summed E-state index contributed by atoms with van der Waals surface area (Å²) in [6, 6.07) is -1.13. The summed E-state index contributed by atoms with van der Waals surface area (Å²) in [5.41, 5.74) is 1.61. The molecule has 4 rings (SSSR count). The Hall–Kier alpha value is -2.78. The Morgan fingerprint density at radius 3 is 2.29 bits per heavy atom. The molecule has 2 bridgehead atoms. The van der Waals surface area contributed by atoms with Crippen LogP contribution in [0, 0.1) is 23.7 Å². The predicted octanol–water partition coefficient (Wildman–Crippen LogP) is 4.39. The van der Waals surface area contributed by atoms with Crippen LogP contribution < -0.4 is 0 Å². The highest BCUT2D eigenvalue weighted by Crippen LogP contribution is 2.39. The highest BCUT2D eigenvalue weighted by Gasteiger charge is 2.56. The van der Waals surface area contributed by atoms with Gasteiger partial charge in [0.05, 0.1) is 30.5 Å². The quantitative estimate of drug-likeness (QED) is 0.189. The second-order valence-corrected chi connectivity index (χ2v) is 16.8. The number of Topliss-reactive ketones (excluding diaryl/α,β-unsaturated/α-hetero) is 2. The van der Waals surface area contributed by atoms with Gasteiger partial charge in [0.2, 0.25) is 5.79 Å². The van der Waals surface area contributed by atoms with Gasteiger partial charge in [-0.1, -0.05) is 37.6 Å². The molecule has 3 aliphatic heterocycles. The number of hydrogen-bond donors (Lipinski definition) is 3. The number of ether oxygens (including phenoxy) is 5. The molecule has 0 radical (unpaired) electrons. The van der Waals surface area contributed by atoms with Gasteiger partial charge in [-0.25, -0.2) is 4.79 Å². The molecule has 316 valence electrons. The van der Waals surface area contributed by atoms with E-state index >= 15 is 0 Å². The van der Waals surface area contributed by atoms with Gasteiger partial charge in [0.25, 0.3) is 11.7 Å². The molecule has 56 heavy (non-hydrogen) atoms. The van der Waals surface area contributed by atoms with Gasteiger partial charge in [-0.05, 0) is 95.5 Å². The topological polar surface area (TPSA) is 178 Å². The zero-order valence-corrected chi connectivity index (χ0v) is 34.5. The lowest BCUT2D eigenvalue weighted by atomic mass is 9.82. The van der Waals surface area contributed by atoms with E-state index in [1.807, 2.05) is 26.0 Å². The fraction of sp³-hybridized carbons (Fsp3) is 0.767. The van der Waals surface area contributed by atoms with E-state index in [-0.39, 0.29) is 56.0 Å². The van der Waals surface area contributed by atoms with E-state index in [4.69, 9.17) is 23.7 Å². The first-order valence-electron chi connectivity index (χ1n) is 20.5. The highest BCUT2D eigenvalue weighted by molar-refractivity contribution is 6.39. The number of rotatable bonds is 7. The Morgan fingerprint density at radius 1 is 0.946 bits per heavy atom. The predicted molar refractivity (Wildman–Crippen MR) is 208 cm³/mol. The van der Waals surface area contributed by atoms with Crippen molar-refractivity contribution in [2.24, 2.45) is 23.7 Å². The van der Waals surface area contributed by atoms with E-state index < -0.39 is 77.9 Å². The van der Waals surface area contributed by atoms with Crippen LogP contribution >= 0.6 is 0 Å². The van der Waals surface area contributed by atoms with Crippen LogP contribution in [0.3, 0.4) is 0 Å². The number of carbonyl (C=O) groups excluding carboxylic acids is 4. The molecular weight excluding hydrogens is 722 g/mol. The molecule has 1 aliphatic carbocycles. The third-order valence-electron chi connectivity index (χ3n) is 12.4. The van der Waals surface area contributed by atoms with E-state index in [0.717, 1.165) is 5.57 Å². The second kappa shape index (κ2) is 20.8. The van der Waals surface area contributed by atoms with E-state index in [9.17, 15) is 34.5 Å². The van der Waals surface area contributed by atoms with E-state index in [1.54, 1.807) is 27.0 Å². The molecular formula is C43H67NO12. The molecule has 4 aliphatic rings. The zero-order chi connectivity index (χ0) is 41.3. The number of ketones is 2. The normalized spacial score (nSPS) is 40.1. The lowest BCUT2D eigenvalue weighted by Gasteiger charge is -2.47. The lowest BCUT2D eigenvalue weighted by Crippen LogP contribution is -2.64. The number of methoxy groups -OCH3 is 3. The van der Waals surface area contributed by atoms with Crippen LogP contribution in [0.15, 0.2) is 36.0 Å². The number of cyclic esters (lactones) is 1. The molecule has 13 nitrogen and oxygen atoms in total. The number of esters is 1. The number of hydrogen-bond acceptors (Lipinski definition) is 12. The molecule has 13 heteroatoms. The van der Waals surface area contributed by atoms with Gasteiger partial charge >= 0.3 is 5.97 Å². The first-order chi connectivity index (χ1) is 26.6. The number of nitrogens with zero attached hydrogens (tertiary/aromatic N) is 1. The minimum atomic E-state index is -2.50. The number of carbonyl (C=O) groups is 4. The Kier molecular flexibility index (Phi) is 17.0. The molecule has 0 aromatic carbocycles. The van der Waals surface area contributed by atoms with E-state index in [1.165, 1.54) is 19.1 Å². The summed E-state index contributed by atoms with van der Waals surface area (Å²) in [4.78, 5) is 57.4. The van der Waals surface area contributed by atoms with Crippen molar-refractivity contribution < 1.29 is 58.2 Å². The molecule has 0 aromatic heterocycles. The van der Waals surface area contributed by atoms with Crippen LogP contribution in [-0.4, -0.2) is 126 Å². The van der Waals surface area contributed by atoms with Crippen molar-refractivity contribution in [1.29, 1.82) is 0 Å². The molecule has 2 saturated heterocycles. The highest BCUT2D eigenvalue weighted by atomic mass is 16.7. The molecule has 0 unspecified atom stereocenters. The fourth-order valence-electron chi connectivity index (χ4n) is 9.13. The average molecular weight is 790 g/mol. The van der Waals surface area contributed by atoms with Gasteiger partial charge in [0.1, 0.15) is 24.0 Å². The summed E-state index contributed by atoms with van der Waals surface area (Å²) in [5, 5.41) is 33.8. The molecule has 13 atom stereocenters. The van der Waals surface area contributed by atoms with Crippen molar-refractivity contribution >= 4 is 23.4 Å². The van der Waals surface area contributed by atoms with E-state index in [0.29, 0.717) is 56.9 Å². The van der Waals surface area contributed by atoms with Gasteiger partial charge in [0, 0.05) is 52.6 Å². The molecule has 1 amide bonds. The molecule has 3 heterocycles. The molecule has 0 aromatic rings. The zero-order valence-electron chi connectivity index (χ0n) is 34.5. The Balaban J connectivity index is 1.74. The SMILES string of the molecule is C=CC[C@@H]1/C=C(\C)C[C@H](C)C[C@H](OC)[C@H]2O[C@@](O)(C(=O)C(=O)N3CCCC[C@H]3C(=O)O[C@H](/C(C)=C/[C@@H]3CC[C@@H](O)[C@H](OC)C3)C[C@@H](O)CC1=O)[C@H](C)C[C@@H]2OC. The number of amides is 1. The Bertz CT molecular complexity index is 1450. The summed E-state index contributed by atoms with van der Waals surface area (Å²) in [6.07, 6.45) is 4.98. The molecule has 3 N–H and O–H groups in total. The summed E-state index contributed by atoms with van der Waals surface area (Å²) in [7, 11) is 4.61. The number of fused-ring (bicyclic) bond motifs is 3. The smallest absolute Gasteiger partial charge is 0.329 e. The van der Waals surface area contributed by atoms with Gasteiger partial charge < -0.3 is 43.9 Å². The lowest BCUT2D eigenvalue weighted by molar-refractivity contribution is -0.302. The van der Waals surface area contributed by atoms with Gasteiger partial charge in [-0.2, -0.15) is 0 Å². The standard InChI is InChI=1S/C43H67NO12/c1-9-12-30-18-25(2)17-26(3)19-37(53-7)39-38(54-8)21-28(5)43(51,56-39)40(48)41(49)44-16-11-10-13-32(44)42(50)55-35(24-31(45)23-34(30)47)27(4)20-29-14-15-33(46)36(22-29)52-6/h9,18,20,26,28-33,35-39,45-46,51H,1,10-17,19,21-24H2,2-8H3/b25-18+,27-20+/t26-,28+,29-,30+,31-,32-,33+,35-,36+,37-,38-,39+,43+/m0/s1. The van der Waals surface area contributed by atoms with E-state index in [2.05, 4.69) is 6.58 Å². The van der Waals surface area contributed by atoms with Crippen molar-refractivity contribution in [2.45, 2.75) is 159 Å². The number of aliphatic hydroxyl groups is 3. The summed E-state index contributed by atoms with van der Waals surface area (Å²) in [6.45, 7) is 11.4. The minimum Gasteiger partial charge on any atom is -0.456 e. The van der Waals surface area contributed by atoms with Crippen LogP contribution in [0.25, 0.3) is 0 Å². The van der Waals surface area contributed by atoms with Crippen LogP contribution in [-0.2, 0) is 42.9 Å². The maximum atomic E-state index is 14.2. The monoisotopic (exact) mass is 789 g/mol. The van der Waals surface area contributed by atoms with Crippen molar-refractivity contribution in [3.8, 4) is 0 Å². The van der Waals surface area contributed by atoms with Gasteiger partial charge in [-0.15, -0.1) is 6.58 Å². The summed E-state index contributed by atoms with van der Waals surface area (Å²) < 4.78 is 29.6. The van der Waals surface area contributed by atoms with Gasteiger partial charge in [-0.3, -0.25) is 14.4 Å². The third kappa shape index (κ3) is 11.2. The molecule has 0 spiro atoms. The van der Waals surface area contributed by atoms with Crippen LogP contribution in [0.5, 0.6) is 0 Å². The number of piperidine rings is 1.